The van der Waals surface area contributed by atoms with E-state index >= 15 is 0 Å². The maximum atomic E-state index is 13.0. The molecule has 1 aromatic carbocycles. The number of hydrogen-bond acceptors (Lipinski definition) is 4. The number of nitrogens with zero attached hydrogens (tertiary/aromatic N) is 1. The Kier molecular flexibility index (Phi) is 4.64. The van der Waals surface area contributed by atoms with Gasteiger partial charge in [0.2, 0.25) is 0 Å². The number of rotatable bonds is 2. The van der Waals surface area contributed by atoms with Crippen molar-refractivity contribution in [2.24, 2.45) is 11.1 Å². The van der Waals surface area contributed by atoms with E-state index in [1.165, 1.54) is 12.1 Å². The average molecular weight is 294 g/mol. The van der Waals surface area contributed by atoms with Crippen LogP contribution in [0.1, 0.15) is 38.7 Å². The molecule has 2 rings (SSSR count). The van der Waals surface area contributed by atoms with Crippen molar-refractivity contribution >= 4 is 5.97 Å². The molecule has 1 fully saturated rings. The molecule has 0 amide bonds. The van der Waals surface area contributed by atoms with E-state index in [0.29, 0.717) is 13.1 Å². The lowest BCUT2D eigenvalue weighted by Crippen LogP contribution is -2.47. The molecule has 1 heterocycles. The molecule has 0 bridgehead atoms. The molecule has 0 aliphatic carbocycles. The number of carbonyl (C=O) groups is 1. The molecule has 21 heavy (non-hydrogen) atoms. The Labute approximate surface area is 125 Å². The predicted octanol–water partition coefficient (Wildman–Crippen LogP) is 2.45. The normalized spacial score (nSPS) is 23.9. The van der Waals surface area contributed by atoms with E-state index < -0.39 is 5.41 Å². The molecule has 0 radical (unpaired) electrons. The van der Waals surface area contributed by atoms with Crippen molar-refractivity contribution in [3.63, 3.8) is 0 Å². The van der Waals surface area contributed by atoms with Crippen LogP contribution in [0.25, 0.3) is 0 Å². The van der Waals surface area contributed by atoms with Crippen molar-refractivity contribution in [3.05, 3.63) is 35.6 Å². The summed E-state index contributed by atoms with van der Waals surface area (Å²) in [5.74, 6) is -0.484. The molecule has 5 heteroatoms. The Bertz CT molecular complexity index is 496. The van der Waals surface area contributed by atoms with E-state index in [4.69, 9.17) is 10.6 Å². The summed E-state index contributed by atoms with van der Waals surface area (Å²) in [5, 5.41) is 1.67. The fourth-order valence-electron chi connectivity index (χ4n) is 2.34. The number of benzene rings is 1. The Morgan fingerprint density at radius 1 is 1.33 bits per heavy atom. The standard InChI is InChI=1S/C16H23FN2O2/c1-16(2,3)15(20)21-19-9-8-14(18)13(10-19)11-4-6-12(17)7-5-11/h4-7,13-14H,8-10,18H2,1-3H3. The number of hydroxylamine groups is 2. The maximum Gasteiger partial charge on any atom is 0.330 e. The fraction of sp³-hybridized carbons (Fsp3) is 0.562. The van der Waals surface area contributed by atoms with Crippen molar-refractivity contribution in [2.45, 2.75) is 39.2 Å². The zero-order chi connectivity index (χ0) is 15.6. The Balaban J connectivity index is 2.06. The maximum absolute atomic E-state index is 13.0. The van der Waals surface area contributed by atoms with Gasteiger partial charge in [-0.3, -0.25) is 0 Å². The summed E-state index contributed by atoms with van der Waals surface area (Å²) < 4.78 is 13.0. The molecule has 1 aliphatic rings. The minimum absolute atomic E-state index is 0.0138. The van der Waals surface area contributed by atoms with Gasteiger partial charge in [0.25, 0.3) is 0 Å². The van der Waals surface area contributed by atoms with Gasteiger partial charge in [0.1, 0.15) is 5.82 Å². The third-order valence-corrected chi connectivity index (χ3v) is 3.75. The van der Waals surface area contributed by atoms with Crippen molar-refractivity contribution in [3.8, 4) is 0 Å². The van der Waals surface area contributed by atoms with Gasteiger partial charge in [-0.05, 0) is 44.9 Å². The lowest BCUT2D eigenvalue weighted by Gasteiger charge is -2.36. The molecule has 1 aliphatic heterocycles. The summed E-state index contributed by atoms with van der Waals surface area (Å²) >= 11 is 0. The third kappa shape index (κ3) is 4.02. The highest BCUT2D eigenvalue weighted by Crippen LogP contribution is 2.27. The summed E-state index contributed by atoms with van der Waals surface area (Å²) in [6.07, 6.45) is 0.736. The summed E-state index contributed by atoms with van der Waals surface area (Å²) in [5.41, 5.74) is 6.60. The lowest BCUT2D eigenvalue weighted by molar-refractivity contribution is -0.206. The van der Waals surface area contributed by atoms with Crippen LogP contribution in [0.3, 0.4) is 0 Å². The van der Waals surface area contributed by atoms with Crippen LogP contribution in [0.5, 0.6) is 0 Å². The Hall–Kier alpha value is -1.46. The number of carbonyl (C=O) groups excluding carboxylic acids is 1. The molecule has 1 aromatic rings. The van der Waals surface area contributed by atoms with E-state index in [9.17, 15) is 9.18 Å². The van der Waals surface area contributed by atoms with Crippen molar-refractivity contribution in [2.75, 3.05) is 13.1 Å². The molecular formula is C16H23FN2O2. The molecule has 4 nitrogen and oxygen atoms in total. The monoisotopic (exact) mass is 294 g/mol. The van der Waals surface area contributed by atoms with Crippen LogP contribution >= 0.6 is 0 Å². The summed E-state index contributed by atoms with van der Waals surface area (Å²) in [7, 11) is 0. The largest absolute Gasteiger partial charge is 0.367 e. The topological polar surface area (TPSA) is 55.6 Å². The van der Waals surface area contributed by atoms with Gasteiger partial charge < -0.3 is 10.6 Å². The zero-order valence-electron chi connectivity index (χ0n) is 12.8. The minimum atomic E-state index is -0.537. The van der Waals surface area contributed by atoms with Gasteiger partial charge in [-0.1, -0.05) is 12.1 Å². The molecule has 0 saturated carbocycles. The molecule has 2 atom stereocenters. The number of nitrogens with two attached hydrogens (primary N) is 1. The van der Waals surface area contributed by atoms with Gasteiger partial charge in [0.15, 0.2) is 0 Å². The summed E-state index contributed by atoms with van der Waals surface area (Å²) in [4.78, 5) is 17.4. The molecule has 116 valence electrons. The average Bonchev–Trinajstić information content (AvgIpc) is 2.41. The molecule has 0 aromatic heterocycles. The highest BCUT2D eigenvalue weighted by molar-refractivity contribution is 5.75. The van der Waals surface area contributed by atoms with Crippen molar-refractivity contribution in [1.82, 2.24) is 5.06 Å². The van der Waals surface area contributed by atoms with Crippen LogP contribution in [0.4, 0.5) is 4.39 Å². The predicted molar refractivity (Wildman–Crippen MR) is 78.9 cm³/mol. The molecular weight excluding hydrogens is 271 g/mol. The molecule has 0 spiro atoms. The van der Waals surface area contributed by atoms with Crippen LogP contribution in [-0.2, 0) is 9.63 Å². The van der Waals surface area contributed by atoms with Crippen LogP contribution in [-0.4, -0.2) is 30.2 Å². The second-order valence-electron chi connectivity index (χ2n) is 6.63. The van der Waals surface area contributed by atoms with Gasteiger partial charge in [0.05, 0.1) is 5.41 Å². The van der Waals surface area contributed by atoms with Gasteiger partial charge in [0, 0.05) is 25.0 Å². The van der Waals surface area contributed by atoms with Gasteiger partial charge >= 0.3 is 5.97 Å². The molecule has 2 unspecified atom stereocenters. The third-order valence-electron chi connectivity index (χ3n) is 3.75. The quantitative estimate of drug-likeness (QED) is 0.910. The minimum Gasteiger partial charge on any atom is -0.367 e. The number of halogens is 1. The van der Waals surface area contributed by atoms with E-state index in [0.717, 1.165) is 12.0 Å². The fourth-order valence-corrected chi connectivity index (χ4v) is 2.34. The zero-order valence-corrected chi connectivity index (χ0v) is 12.8. The van der Waals surface area contributed by atoms with E-state index in [-0.39, 0.29) is 23.7 Å². The smallest absolute Gasteiger partial charge is 0.330 e. The van der Waals surface area contributed by atoms with E-state index in [1.54, 1.807) is 17.2 Å². The number of hydrogen-bond donors (Lipinski definition) is 1. The first-order valence-corrected chi connectivity index (χ1v) is 7.26. The Morgan fingerprint density at radius 3 is 2.52 bits per heavy atom. The first-order valence-electron chi connectivity index (χ1n) is 7.26. The summed E-state index contributed by atoms with van der Waals surface area (Å²) in [6, 6.07) is 6.34. The highest BCUT2D eigenvalue weighted by atomic mass is 19.1. The van der Waals surface area contributed by atoms with E-state index in [2.05, 4.69) is 0 Å². The summed E-state index contributed by atoms with van der Waals surface area (Å²) in [6.45, 7) is 6.63. The van der Waals surface area contributed by atoms with Gasteiger partial charge in [-0.2, -0.15) is 0 Å². The SMILES string of the molecule is CC(C)(C)C(=O)ON1CCC(N)C(c2ccc(F)cc2)C1. The van der Waals surface area contributed by atoms with Crippen molar-refractivity contribution < 1.29 is 14.0 Å². The van der Waals surface area contributed by atoms with Crippen LogP contribution in [0, 0.1) is 11.2 Å². The highest BCUT2D eigenvalue weighted by Gasteiger charge is 2.32. The van der Waals surface area contributed by atoms with Crippen molar-refractivity contribution in [1.29, 1.82) is 0 Å². The first-order chi connectivity index (χ1) is 9.77. The lowest BCUT2D eigenvalue weighted by atomic mass is 9.87. The number of piperidine rings is 1. The second kappa shape index (κ2) is 6.12. The van der Waals surface area contributed by atoms with Crippen LogP contribution < -0.4 is 5.73 Å². The van der Waals surface area contributed by atoms with Crippen LogP contribution in [0.2, 0.25) is 0 Å². The van der Waals surface area contributed by atoms with Gasteiger partial charge in [-0.25, -0.2) is 9.18 Å². The van der Waals surface area contributed by atoms with E-state index in [1.807, 2.05) is 20.8 Å². The van der Waals surface area contributed by atoms with Gasteiger partial charge in [-0.15, -0.1) is 5.06 Å². The Morgan fingerprint density at radius 2 is 1.95 bits per heavy atom. The second-order valence-corrected chi connectivity index (χ2v) is 6.63. The molecule has 2 N–H and O–H groups in total. The first kappa shape index (κ1) is 15.9. The van der Waals surface area contributed by atoms with Crippen LogP contribution in [0.15, 0.2) is 24.3 Å². The molecule has 1 saturated heterocycles.